The Morgan fingerprint density at radius 3 is 3.11 bits per heavy atom. The standard InChI is InChI=1S/C14H15FN4/c15-10-2-1-3-11-14(10)18-13(7-17-11)19-5-4-9-6-16-12(9)8-19/h1-3,7,9,12,16H,4-6,8H2. The third-order valence-electron chi connectivity index (χ3n) is 4.23. The number of nitrogens with one attached hydrogen (secondary N) is 1. The highest BCUT2D eigenvalue weighted by Crippen LogP contribution is 2.27. The van der Waals surface area contributed by atoms with Crippen LogP contribution in [0.4, 0.5) is 10.2 Å². The Morgan fingerprint density at radius 2 is 2.32 bits per heavy atom. The fraction of sp³-hybridized carbons (Fsp3) is 0.429. The first-order valence-electron chi connectivity index (χ1n) is 6.71. The Labute approximate surface area is 110 Å². The van der Waals surface area contributed by atoms with Crippen LogP contribution in [0.2, 0.25) is 0 Å². The number of benzene rings is 1. The number of aromatic nitrogens is 2. The van der Waals surface area contributed by atoms with E-state index in [1.807, 2.05) is 0 Å². The number of para-hydroxylation sites is 1. The lowest BCUT2D eigenvalue weighted by Crippen LogP contribution is -2.62. The van der Waals surface area contributed by atoms with Crippen LogP contribution in [0.15, 0.2) is 24.4 Å². The van der Waals surface area contributed by atoms with Crippen molar-refractivity contribution in [3.05, 3.63) is 30.2 Å². The van der Waals surface area contributed by atoms with Crippen LogP contribution < -0.4 is 10.2 Å². The summed E-state index contributed by atoms with van der Waals surface area (Å²) in [5, 5.41) is 3.43. The lowest BCUT2D eigenvalue weighted by Gasteiger charge is -2.46. The van der Waals surface area contributed by atoms with Gasteiger partial charge in [-0.05, 0) is 31.0 Å². The molecule has 2 unspecified atom stereocenters. The van der Waals surface area contributed by atoms with Crippen LogP contribution >= 0.6 is 0 Å². The summed E-state index contributed by atoms with van der Waals surface area (Å²) in [5.41, 5.74) is 0.976. The zero-order valence-corrected chi connectivity index (χ0v) is 10.5. The Bertz CT molecular complexity index is 630. The third kappa shape index (κ3) is 1.76. The molecular formula is C14H15FN4. The zero-order chi connectivity index (χ0) is 12.8. The Morgan fingerprint density at radius 1 is 1.37 bits per heavy atom. The van der Waals surface area contributed by atoms with Gasteiger partial charge in [-0.25, -0.2) is 9.37 Å². The minimum absolute atomic E-state index is 0.302. The second-order valence-electron chi connectivity index (χ2n) is 5.35. The maximum absolute atomic E-state index is 13.7. The number of hydrogen-bond donors (Lipinski definition) is 1. The molecule has 98 valence electrons. The van der Waals surface area contributed by atoms with Gasteiger partial charge in [0, 0.05) is 19.1 Å². The Balaban J connectivity index is 1.69. The molecule has 1 N–H and O–H groups in total. The molecule has 2 aliphatic heterocycles. The van der Waals surface area contributed by atoms with Crippen molar-refractivity contribution in [1.82, 2.24) is 15.3 Å². The molecule has 0 spiro atoms. The normalized spacial score (nSPS) is 26.1. The SMILES string of the molecule is Fc1cccc2ncc(N3CCC4CNC4C3)nc12. The average Bonchev–Trinajstić information content (AvgIpc) is 2.41. The maximum atomic E-state index is 13.7. The van der Waals surface area contributed by atoms with E-state index in [1.54, 1.807) is 18.3 Å². The first kappa shape index (κ1) is 11.1. The van der Waals surface area contributed by atoms with Crippen molar-refractivity contribution in [2.75, 3.05) is 24.5 Å². The monoisotopic (exact) mass is 258 g/mol. The van der Waals surface area contributed by atoms with Crippen LogP contribution in [0.5, 0.6) is 0 Å². The van der Waals surface area contributed by atoms with E-state index in [2.05, 4.69) is 20.2 Å². The molecule has 2 aliphatic rings. The van der Waals surface area contributed by atoms with Crippen LogP contribution in [0.3, 0.4) is 0 Å². The molecule has 4 rings (SSSR count). The molecule has 0 bridgehead atoms. The predicted molar refractivity (Wildman–Crippen MR) is 71.6 cm³/mol. The van der Waals surface area contributed by atoms with Gasteiger partial charge in [0.15, 0.2) is 5.82 Å². The molecule has 2 saturated heterocycles. The van der Waals surface area contributed by atoms with Crippen molar-refractivity contribution in [1.29, 1.82) is 0 Å². The van der Waals surface area contributed by atoms with Gasteiger partial charge in [0.2, 0.25) is 0 Å². The van der Waals surface area contributed by atoms with Gasteiger partial charge in [-0.15, -0.1) is 0 Å². The molecule has 4 nitrogen and oxygen atoms in total. The number of piperidine rings is 1. The zero-order valence-electron chi connectivity index (χ0n) is 10.5. The highest BCUT2D eigenvalue weighted by atomic mass is 19.1. The van der Waals surface area contributed by atoms with Crippen LogP contribution in [0.25, 0.3) is 11.0 Å². The highest BCUT2D eigenvalue weighted by Gasteiger charge is 2.35. The van der Waals surface area contributed by atoms with Gasteiger partial charge in [0.25, 0.3) is 0 Å². The minimum atomic E-state index is -0.302. The van der Waals surface area contributed by atoms with Crippen molar-refractivity contribution in [2.24, 2.45) is 5.92 Å². The number of halogens is 1. The quantitative estimate of drug-likeness (QED) is 0.843. The molecule has 2 aromatic rings. The van der Waals surface area contributed by atoms with E-state index in [4.69, 9.17) is 0 Å². The molecule has 1 aromatic heterocycles. The summed E-state index contributed by atoms with van der Waals surface area (Å²) < 4.78 is 13.7. The second kappa shape index (κ2) is 4.13. The summed E-state index contributed by atoms with van der Waals surface area (Å²) in [7, 11) is 0. The van der Waals surface area contributed by atoms with E-state index in [-0.39, 0.29) is 5.82 Å². The molecule has 3 heterocycles. The first-order valence-corrected chi connectivity index (χ1v) is 6.71. The van der Waals surface area contributed by atoms with Gasteiger partial charge in [0.05, 0.1) is 11.7 Å². The summed E-state index contributed by atoms with van der Waals surface area (Å²) in [6.45, 7) is 3.06. The van der Waals surface area contributed by atoms with Crippen molar-refractivity contribution in [3.8, 4) is 0 Å². The molecular weight excluding hydrogens is 243 g/mol. The largest absolute Gasteiger partial charge is 0.354 e. The molecule has 19 heavy (non-hydrogen) atoms. The van der Waals surface area contributed by atoms with Gasteiger partial charge < -0.3 is 10.2 Å². The molecule has 2 fully saturated rings. The molecule has 0 radical (unpaired) electrons. The van der Waals surface area contributed by atoms with Crippen LogP contribution in [0.1, 0.15) is 6.42 Å². The number of fused-ring (bicyclic) bond motifs is 2. The number of rotatable bonds is 1. The van der Waals surface area contributed by atoms with E-state index in [0.29, 0.717) is 17.1 Å². The van der Waals surface area contributed by atoms with Gasteiger partial charge in [-0.2, -0.15) is 0 Å². The van der Waals surface area contributed by atoms with E-state index < -0.39 is 0 Å². The molecule has 0 saturated carbocycles. The van der Waals surface area contributed by atoms with Crippen molar-refractivity contribution >= 4 is 16.9 Å². The summed E-state index contributed by atoms with van der Waals surface area (Å²) in [4.78, 5) is 11.0. The predicted octanol–water partition coefficient (Wildman–Crippen LogP) is 1.57. The van der Waals surface area contributed by atoms with Gasteiger partial charge in [-0.3, -0.25) is 4.98 Å². The van der Waals surface area contributed by atoms with Crippen molar-refractivity contribution in [3.63, 3.8) is 0 Å². The topological polar surface area (TPSA) is 41.1 Å². The fourth-order valence-corrected chi connectivity index (χ4v) is 2.97. The first-order chi connectivity index (χ1) is 9.31. The number of hydrogen-bond acceptors (Lipinski definition) is 4. The van der Waals surface area contributed by atoms with Gasteiger partial charge in [-0.1, -0.05) is 6.07 Å². The van der Waals surface area contributed by atoms with Crippen molar-refractivity contribution < 1.29 is 4.39 Å². The van der Waals surface area contributed by atoms with Crippen LogP contribution in [-0.2, 0) is 0 Å². The summed E-state index contributed by atoms with van der Waals surface area (Å²) in [5.74, 6) is 1.29. The lowest BCUT2D eigenvalue weighted by atomic mass is 9.85. The lowest BCUT2D eigenvalue weighted by molar-refractivity contribution is 0.196. The van der Waals surface area contributed by atoms with Gasteiger partial charge in [0.1, 0.15) is 11.3 Å². The Hall–Kier alpha value is -1.75. The number of nitrogens with zero attached hydrogens (tertiary/aromatic N) is 3. The maximum Gasteiger partial charge on any atom is 0.151 e. The molecule has 0 amide bonds. The van der Waals surface area contributed by atoms with E-state index in [9.17, 15) is 4.39 Å². The van der Waals surface area contributed by atoms with E-state index in [0.717, 1.165) is 31.4 Å². The number of anilines is 1. The van der Waals surface area contributed by atoms with Crippen LogP contribution in [0, 0.1) is 11.7 Å². The molecule has 5 heteroatoms. The van der Waals surface area contributed by atoms with Gasteiger partial charge >= 0.3 is 0 Å². The van der Waals surface area contributed by atoms with Crippen LogP contribution in [-0.4, -0.2) is 35.6 Å². The summed E-state index contributed by atoms with van der Waals surface area (Å²) in [6, 6.07) is 5.44. The fourth-order valence-electron chi connectivity index (χ4n) is 2.97. The van der Waals surface area contributed by atoms with Crippen molar-refractivity contribution in [2.45, 2.75) is 12.5 Å². The molecule has 1 aromatic carbocycles. The highest BCUT2D eigenvalue weighted by molar-refractivity contribution is 5.76. The minimum Gasteiger partial charge on any atom is -0.354 e. The molecule has 0 aliphatic carbocycles. The third-order valence-corrected chi connectivity index (χ3v) is 4.23. The summed E-state index contributed by atoms with van der Waals surface area (Å²) >= 11 is 0. The van der Waals surface area contributed by atoms with E-state index in [1.165, 1.54) is 12.5 Å². The average molecular weight is 258 g/mol. The Kier molecular flexibility index (Phi) is 2.41. The second-order valence-corrected chi connectivity index (χ2v) is 5.35. The smallest absolute Gasteiger partial charge is 0.151 e. The summed E-state index contributed by atoms with van der Waals surface area (Å²) in [6.07, 6.45) is 2.93. The van der Waals surface area contributed by atoms with E-state index >= 15 is 0 Å². The molecule has 2 atom stereocenters.